The third-order valence-electron chi connectivity index (χ3n) is 5.08. The first-order valence-electron chi connectivity index (χ1n) is 10.8. The summed E-state index contributed by atoms with van der Waals surface area (Å²) >= 11 is 0. The fourth-order valence-electron chi connectivity index (χ4n) is 3.04. The molecule has 0 aliphatic rings. The Bertz CT molecular complexity index is 1730. The molecule has 236 valence electrons. The van der Waals surface area contributed by atoms with Gasteiger partial charge in [0, 0.05) is 0 Å². The summed E-state index contributed by atoms with van der Waals surface area (Å²) in [6.45, 7) is 0. The molecule has 0 radical (unpaired) electrons. The molecule has 3 rings (SSSR count). The maximum Gasteiger partial charge on any atom is 0.480 e. The number of sulfonamides is 2. The predicted octanol–water partition coefficient (Wildman–Crippen LogP) is 5.86. The molecular weight excluding hydrogens is 689 g/mol. The second-order valence-corrected chi connectivity index (χ2v) is 15.1. The molecule has 3 aromatic carbocycles. The van der Waals surface area contributed by atoms with E-state index in [-0.39, 0.29) is 0 Å². The Labute approximate surface area is 241 Å². The molecule has 0 saturated heterocycles. The van der Waals surface area contributed by atoms with Crippen LogP contribution in [0.1, 0.15) is 0 Å². The summed E-state index contributed by atoms with van der Waals surface area (Å²) in [5, 5.41) is -14.7. The third kappa shape index (κ3) is 6.44. The fraction of sp³-hybridized carbons (Fsp3) is 0.182. The highest BCUT2D eigenvalue weighted by atomic mass is 32.3. The Balaban J connectivity index is 1.95. The first kappa shape index (κ1) is 34.5. The molecule has 0 heterocycles. The van der Waals surface area contributed by atoms with E-state index in [0.29, 0.717) is 21.2 Å². The fourth-order valence-corrected chi connectivity index (χ4v) is 8.30. The normalized spacial score (nSPS) is 14.1. The smallest absolute Gasteiger partial charge is 0.423 e. The highest BCUT2D eigenvalue weighted by Gasteiger charge is 2.81. The van der Waals surface area contributed by atoms with Crippen LogP contribution in [0.3, 0.4) is 0 Å². The van der Waals surface area contributed by atoms with Crippen molar-refractivity contribution in [3.8, 4) is 5.75 Å². The van der Waals surface area contributed by atoms with Gasteiger partial charge in [0.2, 0.25) is 0 Å². The first-order chi connectivity index (χ1) is 19.5. The summed E-state index contributed by atoms with van der Waals surface area (Å²) in [5.41, 5.74) is -6.73. The zero-order chi connectivity index (χ0) is 32.7. The molecule has 0 spiro atoms. The topological polar surface area (TPSA) is 126 Å². The Hall–Kier alpha value is -3.01. The molecule has 0 atom stereocenters. The number of benzene rings is 3. The average molecular weight is 704 g/mol. The van der Waals surface area contributed by atoms with E-state index in [9.17, 15) is 64.8 Å². The van der Waals surface area contributed by atoms with Crippen LogP contribution >= 0.6 is 0 Å². The third-order valence-corrected chi connectivity index (χ3v) is 11.7. The van der Waals surface area contributed by atoms with Gasteiger partial charge < -0.3 is 8.31 Å². The highest BCUT2D eigenvalue weighted by molar-refractivity contribution is 8.13. The minimum Gasteiger partial charge on any atom is -0.423 e. The van der Waals surface area contributed by atoms with E-state index in [2.05, 4.69) is 4.18 Å². The van der Waals surface area contributed by atoms with Crippen molar-refractivity contribution in [3.63, 3.8) is 0 Å². The van der Waals surface area contributed by atoms with Gasteiger partial charge in [0.05, 0.1) is 10.9 Å². The molecule has 8 nitrogen and oxygen atoms in total. The van der Waals surface area contributed by atoms with Crippen molar-refractivity contribution in [2.75, 3.05) is 0 Å². The lowest BCUT2D eigenvalue weighted by Gasteiger charge is -2.35. The largest absolute Gasteiger partial charge is 0.480 e. The Morgan fingerprint density at radius 1 is 0.535 bits per heavy atom. The van der Waals surface area contributed by atoms with Crippen molar-refractivity contribution in [1.29, 1.82) is 0 Å². The lowest BCUT2D eigenvalue weighted by Crippen LogP contribution is -2.61. The maximum absolute atomic E-state index is 14.4. The van der Waals surface area contributed by atoms with E-state index >= 15 is 0 Å². The van der Waals surface area contributed by atoms with Crippen molar-refractivity contribution in [3.05, 3.63) is 89.1 Å². The second-order valence-electron chi connectivity index (χ2n) is 8.02. The van der Waals surface area contributed by atoms with Crippen molar-refractivity contribution < 1.29 is 69.0 Å². The monoisotopic (exact) mass is 703 g/mol. The van der Waals surface area contributed by atoms with Crippen LogP contribution in [0.5, 0.6) is 5.75 Å². The number of alkyl halides is 9. The van der Waals surface area contributed by atoms with E-state index in [1.807, 2.05) is 0 Å². The number of hydrogen-bond acceptors (Lipinski definition) is 7. The molecule has 0 aliphatic heterocycles. The van der Waals surface area contributed by atoms with E-state index < -0.39 is 68.7 Å². The van der Waals surface area contributed by atoms with Crippen molar-refractivity contribution in [2.45, 2.75) is 36.6 Å². The van der Waals surface area contributed by atoms with E-state index in [1.54, 1.807) is 60.7 Å². The zero-order valence-electron chi connectivity index (χ0n) is 20.4. The quantitative estimate of drug-likeness (QED) is 0.139. The van der Waals surface area contributed by atoms with Gasteiger partial charge in [0.15, 0.2) is 34.7 Å². The minimum atomic E-state index is -8.01. The molecule has 0 saturated carbocycles. The minimum absolute atomic E-state index is 0.407. The van der Waals surface area contributed by atoms with Gasteiger partial charge >= 0.3 is 32.1 Å². The summed E-state index contributed by atoms with van der Waals surface area (Å²) in [4.78, 5) is 1.86. The second kappa shape index (κ2) is 11.5. The molecule has 0 unspecified atom stereocenters. The summed E-state index contributed by atoms with van der Waals surface area (Å²) in [6, 6.07) is 20.8. The Kier molecular flexibility index (Phi) is 9.21. The number of nitrogens with zero attached hydrogens (tertiary/aromatic N) is 1. The molecule has 0 N–H and O–H groups in total. The predicted molar refractivity (Wildman–Crippen MR) is 133 cm³/mol. The van der Waals surface area contributed by atoms with Crippen LogP contribution < -0.4 is 4.18 Å². The van der Waals surface area contributed by atoms with Crippen molar-refractivity contribution in [1.82, 2.24) is 0 Å². The van der Waals surface area contributed by atoms with Crippen LogP contribution in [0.25, 0.3) is 4.13 Å². The molecule has 0 fully saturated rings. The molecule has 0 aromatic heterocycles. The number of rotatable bonds is 11. The number of halogens is 9. The molecule has 43 heavy (non-hydrogen) atoms. The van der Waals surface area contributed by atoms with E-state index in [0.717, 1.165) is 21.9 Å². The maximum atomic E-state index is 14.4. The zero-order valence-corrected chi connectivity index (χ0v) is 23.7. The van der Waals surface area contributed by atoms with Crippen LogP contribution in [0.4, 0.5) is 39.5 Å². The molecule has 0 aliphatic carbocycles. The molecule has 21 heteroatoms. The van der Waals surface area contributed by atoms with Gasteiger partial charge in [-0.2, -0.15) is 47.9 Å². The summed E-state index contributed by atoms with van der Waals surface area (Å²) in [7, 11) is -23.6. The lowest BCUT2D eigenvalue weighted by atomic mass is 10.3. The summed E-state index contributed by atoms with van der Waals surface area (Å²) < 4.78 is 195. The average Bonchev–Trinajstić information content (AvgIpc) is 2.89. The van der Waals surface area contributed by atoms with Crippen molar-refractivity contribution >= 4 is 41.1 Å². The Morgan fingerprint density at radius 2 is 0.930 bits per heavy atom. The highest BCUT2D eigenvalue weighted by Crippen LogP contribution is 2.53. The van der Waals surface area contributed by atoms with Gasteiger partial charge in [-0.25, -0.2) is 16.8 Å². The van der Waals surface area contributed by atoms with Gasteiger partial charge in [0.1, 0.15) is 5.75 Å². The SMILES string of the molecule is O=S(=O)([N-]S(=O)(=O)C(F)(F)C(F)(F)C(F)(F)S(=O)(=O)Oc1ccc([S+](c2ccccc2)c2ccccc2)cc1)C(F)(F)F. The van der Waals surface area contributed by atoms with Gasteiger partial charge in [-0.3, -0.25) is 0 Å². The van der Waals surface area contributed by atoms with Crippen molar-refractivity contribution in [2.24, 2.45) is 0 Å². The molecule has 0 bridgehead atoms. The van der Waals surface area contributed by atoms with E-state index in [1.165, 1.54) is 0 Å². The van der Waals surface area contributed by atoms with Crippen LogP contribution in [0, 0.1) is 0 Å². The van der Waals surface area contributed by atoms with Gasteiger partial charge in [0.25, 0.3) is 0 Å². The van der Waals surface area contributed by atoms with E-state index in [4.69, 9.17) is 0 Å². The van der Waals surface area contributed by atoms with Crippen LogP contribution in [0.15, 0.2) is 99.6 Å². The lowest BCUT2D eigenvalue weighted by molar-refractivity contribution is -0.245. The standard InChI is InChI=1S/C22H14F9NO7S4/c23-19(24,20(25,26)41(33,34)32-42(35,36)22(29,30)31)21(27,28)43(37,38)39-15-11-13-18(14-12-15)40(16-7-3-1-4-8-16)17-9-5-2-6-10-17/h1-14H. The van der Waals surface area contributed by atoms with Gasteiger partial charge in [-0.15, -0.1) is 0 Å². The Morgan fingerprint density at radius 3 is 1.33 bits per heavy atom. The van der Waals surface area contributed by atoms with Crippen LogP contribution in [0.2, 0.25) is 0 Å². The molecule has 3 aromatic rings. The van der Waals surface area contributed by atoms with Gasteiger partial charge in [-0.1, -0.05) is 36.4 Å². The van der Waals surface area contributed by atoms with Gasteiger partial charge in [-0.05, 0) is 48.5 Å². The molecule has 0 amide bonds. The van der Waals surface area contributed by atoms with Crippen LogP contribution in [-0.2, 0) is 41.1 Å². The first-order valence-corrected chi connectivity index (χ1v) is 16.3. The number of hydrogen-bond donors (Lipinski definition) is 0. The summed E-state index contributed by atoms with van der Waals surface area (Å²) in [6.07, 6.45) is 0. The van der Waals surface area contributed by atoms with Crippen LogP contribution in [-0.4, -0.2) is 47.2 Å². The summed E-state index contributed by atoms with van der Waals surface area (Å²) in [5.74, 6) is -8.76. The molecular formula is C22H14F9NO7S4.